The lowest BCUT2D eigenvalue weighted by molar-refractivity contribution is -0.165. The zero-order valence-corrected chi connectivity index (χ0v) is 16.7. The molecule has 0 spiro atoms. The first-order chi connectivity index (χ1) is 13.4. The number of rotatable bonds is 7. The van der Waals surface area contributed by atoms with Crippen LogP contribution in [0, 0.1) is 0 Å². The van der Waals surface area contributed by atoms with Gasteiger partial charge in [0.15, 0.2) is 0 Å². The van der Waals surface area contributed by atoms with E-state index >= 15 is 0 Å². The number of hydrogen-bond acceptors (Lipinski definition) is 10. The van der Waals surface area contributed by atoms with E-state index in [0.29, 0.717) is 5.56 Å². The molecule has 0 saturated heterocycles. The van der Waals surface area contributed by atoms with Crippen molar-refractivity contribution in [2.24, 2.45) is 0 Å². The highest BCUT2D eigenvalue weighted by Gasteiger charge is 2.63. The SMILES string of the molecule is CCOC(=O)C1(C(=O)OCC)NC(c2ccsc2)C(C(=O)OC)=C1C(=O)OC. The molecule has 1 aromatic heterocycles. The molecule has 1 aromatic rings. The summed E-state index contributed by atoms with van der Waals surface area (Å²) < 4.78 is 19.7. The molecule has 0 saturated carbocycles. The van der Waals surface area contributed by atoms with Crippen molar-refractivity contribution in [3.8, 4) is 0 Å². The summed E-state index contributed by atoms with van der Waals surface area (Å²) in [7, 11) is 2.20. The molecule has 0 fully saturated rings. The Balaban J connectivity index is 2.83. The molecule has 0 bridgehead atoms. The van der Waals surface area contributed by atoms with Crippen molar-refractivity contribution in [2.75, 3.05) is 27.4 Å². The fourth-order valence-electron chi connectivity index (χ4n) is 2.98. The van der Waals surface area contributed by atoms with Crippen LogP contribution in [0.2, 0.25) is 0 Å². The number of esters is 4. The highest BCUT2D eigenvalue weighted by atomic mass is 32.1. The summed E-state index contributed by atoms with van der Waals surface area (Å²) in [4.78, 5) is 51.0. The van der Waals surface area contributed by atoms with Gasteiger partial charge in [-0.2, -0.15) is 11.3 Å². The minimum Gasteiger partial charge on any atom is -0.466 e. The van der Waals surface area contributed by atoms with Crippen molar-refractivity contribution in [3.63, 3.8) is 0 Å². The Bertz CT molecular complexity index is 781. The standard InChI is InChI=1S/C18H21NO8S/c1-5-26-16(22)18(17(23)27-6-2)12(15(21)25-4)11(14(20)24-3)13(19-18)10-7-8-28-9-10/h7-9,13,19H,5-6H2,1-4H3. The van der Waals surface area contributed by atoms with Crippen molar-refractivity contribution < 1.29 is 38.1 Å². The smallest absolute Gasteiger partial charge is 0.343 e. The fourth-order valence-corrected chi connectivity index (χ4v) is 3.66. The first kappa shape index (κ1) is 21.6. The van der Waals surface area contributed by atoms with E-state index in [1.54, 1.807) is 30.7 Å². The normalized spacial score (nSPS) is 17.8. The second-order valence-electron chi connectivity index (χ2n) is 5.60. The Morgan fingerprint density at radius 2 is 1.61 bits per heavy atom. The predicted octanol–water partition coefficient (Wildman–Crippen LogP) is 0.900. The molecular weight excluding hydrogens is 390 g/mol. The summed E-state index contributed by atoms with van der Waals surface area (Å²) in [6.45, 7) is 2.97. The quantitative estimate of drug-likeness (QED) is 0.397. The van der Waals surface area contributed by atoms with Gasteiger partial charge in [0.1, 0.15) is 0 Å². The van der Waals surface area contributed by atoms with Crippen molar-refractivity contribution in [1.29, 1.82) is 0 Å². The van der Waals surface area contributed by atoms with Crippen LogP contribution < -0.4 is 5.32 Å². The molecule has 1 aliphatic heterocycles. The van der Waals surface area contributed by atoms with E-state index in [1.165, 1.54) is 11.3 Å². The van der Waals surface area contributed by atoms with E-state index in [0.717, 1.165) is 14.2 Å². The molecular formula is C18H21NO8S. The van der Waals surface area contributed by atoms with Gasteiger partial charge in [0, 0.05) is 0 Å². The van der Waals surface area contributed by atoms with Crippen LogP contribution in [0.5, 0.6) is 0 Å². The molecule has 28 heavy (non-hydrogen) atoms. The maximum absolute atomic E-state index is 12.9. The highest BCUT2D eigenvalue weighted by molar-refractivity contribution is 7.08. The van der Waals surface area contributed by atoms with Crippen LogP contribution in [-0.4, -0.2) is 56.8 Å². The second-order valence-corrected chi connectivity index (χ2v) is 6.38. The lowest BCUT2D eigenvalue weighted by atomic mass is 9.89. The van der Waals surface area contributed by atoms with E-state index in [4.69, 9.17) is 18.9 Å². The lowest BCUT2D eigenvalue weighted by Gasteiger charge is -2.27. The van der Waals surface area contributed by atoms with E-state index in [9.17, 15) is 19.2 Å². The Hall–Kier alpha value is -2.72. The number of ether oxygens (including phenoxy) is 4. The van der Waals surface area contributed by atoms with Crippen LogP contribution in [0.4, 0.5) is 0 Å². The molecule has 1 N–H and O–H groups in total. The molecule has 0 amide bonds. The van der Waals surface area contributed by atoms with Crippen molar-refractivity contribution in [3.05, 3.63) is 33.5 Å². The third-order valence-electron chi connectivity index (χ3n) is 4.13. The van der Waals surface area contributed by atoms with Crippen LogP contribution >= 0.6 is 11.3 Å². The number of hydrogen-bond donors (Lipinski definition) is 1. The number of methoxy groups -OCH3 is 2. The van der Waals surface area contributed by atoms with Gasteiger partial charge < -0.3 is 18.9 Å². The fraction of sp³-hybridized carbons (Fsp3) is 0.444. The minimum atomic E-state index is -2.37. The Morgan fingerprint density at radius 1 is 1.04 bits per heavy atom. The molecule has 1 atom stereocenters. The van der Waals surface area contributed by atoms with E-state index < -0.39 is 41.0 Å². The monoisotopic (exact) mass is 411 g/mol. The summed E-state index contributed by atoms with van der Waals surface area (Å²) >= 11 is 1.34. The number of nitrogens with one attached hydrogen (secondary N) is 1. The van der Waals surface area contributed by atoms with Gasteiger partial charge in [0.25, 0.3) is 0 Å². The molecule has 152 valence electrons. The first-order valence-electron chi connectivity index (χ1n) is 8.44. The summed E-state index contributed by atoms with van der Waals surface area (Å²) in [6.07, 6.45) is 0. The van der Waals surface area contributed by atoms with Crippen LogP contribution in [0.15, 0.2) is 28.0 Å². The molecule has 2 heterocycles. The summed E-state index contributed by atoms with van der Waals surface area (Å²) in [5.74, 6) is -4.09. The third kappa shape index (κ3) is 3.52. The van der Waals surface area contributed by atoms with E-state index in [-0.39, 0.29) is 18.8 Å². The van der Waals surface area contributed by atoms with Gasteiger partial charge in [-0.15, -0.1) is 0 Å². The van der Waals surface area contributed by atoms with Gasteiger partial charge in [-0.1, -0.05) is 0 Å². The first-order valence-corrected chi connectivity index (χ1v) is 9.38. The van der Waals surface area contributed by atoms with Crippen molar-refractivity contribution in [2.45, 2.75) is 25.4 Å². The molecule has 0 aliphatic carbocycles. The van der Waals surface area contributed by atoms with E-state index in [1.807, 2.05) is 0 Å². The van der Waals surface area contributed by atoms with E-state index in [2.05, 4.69) is 5.32 Å². The molecule has 1 unspecified atom stereocenters. The highest BCUT2D eigenvalue weighted by Crippen LogP contribution is 2.42. The van der Waals surface area contributed by atoms with Crippen molar-refractivity contribution >= 4 is 35.2 Å². The van der Waals surface area contributed by atoms with Gasteiger partial charge >= 0.3 is 23.9 Å². The average Bonchev–Trinajstić information content (AvgIpc) is 3.33. The Morgan fingerprint density at radius 3 is 2.04 bits per heavy atom. The van der Waals surface area contributed by atoms with Crippen molar-refractivity contribution in [1.82, 2.24) is 5.32 Å². The summed E-state index contributed by atoms with van der Waals surface area (Å²) in [5.41, 5.74) is -2.53. The van der Waals surface area contributed by atoms with Crippen LogP contribution in [0.25, 0.3) is 0 Å². The lowest BCUT2D eigenvalue weighted by Crippen LogP contribution is -2.60. The number of carbonyl (C=O) groups is 4. The zero-order chi connectivity index (χ0) is 20.9. The van der Waals surface area contributed by atoms with Crippen LogP contribution in [0.3, 0.4) is 0 Å². The van der Waals surface area contributed by atoms with Gasteiger partial charge in [0.05, 0.1) is 44.6 Å². The maximum Gasteiger partial charge on any atom is 0.343 e. The zero-order valence-electron chi connectivity index (χ0n) is 15.9. The third-order valence-corrected chi connectivity index (χ3v) is 4.83. The van der Waals surface area contributed by atoms with Gasteiger partial charge in [-0.3, -0.25) is 5.32 Å². The molecule has 0 radical (unpaired) electrons. The largest absolute Gasteiger partial charge is 0.466 e. The summed E-state index contributed by atoms with van der Waals surface area (Å²) in [6, 6.07) is 0.702. The van der Waals surface area contributed by atoms with Crippen LogP contribution in [-0.2, 0) is 38.1 Å². The number of thiophene rings is 1. The average molecular weight is 411 g/mol. The van der Waals surface area contributed by atoms with Gasteiger partial charge in [-0.05, 0) is 36.2 Å². The minimum absolute atomic E-state index is 0.0627. The molecule has 2 rings (SSSR count). The molecule has 10 heteroatoms. The Kier molecular flexibility index (Phi) is 6.92. The molecule has 0 aromatic carbocycles. The topological polar surface area (TPSA) is 117 Å². The second kappa shape index (κ2) is 8.98. The number of carbonyl (C=O) groups excluding carboxylic acids is 4. The molecule has 1 aliphatic rings. The molecule has 9 nitrogen and oxygen atoms in total. The van der Waals surface area contributed by atoms with Crippen LogP contribution in [0.1, 0.15) is 25.5 Å². The summed E-state index contributed by atoms with van der Waals surface area (Å²) in [5, 5.41) is 6.25. The van der Waals surface area contributed by atoms with Gasteiger partial charge in [0.2, 0.25) is 5.54 Å². The van der Waals surface area contributed by atoms with Gasteiger partial charge in [-0.25, -0.2) is 19.2 Å². The predicted molar refractivity (Wildman–Crippen MR) is 97.3 cm³/mol. The Labute approximate surface area is 165 Å². The maximum atomic E-state index is 12.9.